The van der Waals surface area contributed by atoms with E-state index in [-0.39, 0.29) is 94.5 Å². The van der Waals surface area contributed by atoms with Crippen LogP contribution in [-0.4, -0.2) is 38.2 Å². The SMILES string of the molecule is C#CC#CC#CC#CC#CC#CC#CC#CC#CC#CC#COc1cc(Cn2c3ccccc3c3cc(CNC(=O)CCC(=O)OC4C[C@H](n5cc(C)c(=O)[nH]c5=O)O[C@@H]4CC)ccc32)cc(OC#CC#CC#CC#CC#CC#CC#CC#CC#CC#CC#C)c1.[HH].[HH].[HH].[HH].[HH].[HH].[HH].[HH].[HH].[HH].[HH].[HH].[HH].[HH].[HH].[HH].[HH].[HH].[HH].[HH].[HH].[HH].[HH].[HH].[HH].[HH].[HH].[HH].[HH].[HH].[HH].[HH].[HH].[HH].[HH].[HH].[HH].[HH].[HH].[HH].[HH].[HH].[HH].[HH]. The van der Waals surface area contributed by atoms with Crippen LogP contribution in [0.4, 0.5) is 0 Å². The number of hydrogen-bond donors (Lipinski definition) is 2. The van der Waals surface area contributed by atoms with E-state index in [2.05, 4.69) is 264 Å². The Kier molecular flexibility index (Phi) is 27.1. The summed E-state index contributed by atoms with van der Waals surface area (Å²) in [6, 6.07) is 19.0. The molecular formula is C79H124N4O8. The highest BCUT2D eigenvalue weighted by molar-refractivity contribution is 6.08. The fourth-order valence-corrected chi connectivity index (χ4v) is 7.65. The number of esters is 1. The Balaban J connectivity index is -0.0000000566. The highest BCUT2D eigenvalue weighted by atomic mass is 16.6. The zero-order chi connectivity index (χ0) is 64.4. The number of amides is 1. The largest absolute Gasteiger partial charge is 0.459 e. The van der Waals surface area contributed by atoms with Crippen LogP contribution in [0.1, 0.15) is 118 Å². The highest BCUT2D eigenvalue weighted by Gasteiger charge is 2.38. The van der Waals surface area contributed by atoms with Crippen molar-refractivity contribution in [3.63, 3.8) is 0 Å². The van der Waals surface area contributed by atoms with Gasteiger partial charge in [0, 0.05) is 270 Å². The van der Waals surface area contributed by atoms with Crippen LogP contribution in [-0.2, 0) is 32.2 Å². The Morgan fingerprint density at radius 1 is 0.571 bits per heavy atom. The first-order valence-corrected chi connectivity index (χ1v) is 26.5. The number of hydrogen-bond acceptors (Lipinski definition) is 8. The third kappa shape index (κ3) is 23.3. The summed E-state index contributed by atoms with van der Waals surface area (Å²) in [7, 11) is 0. The lowest BCUT2D eigenvalue weighted by Crippen LogP contribution is -2.33. The summed E-state index contributed by atoms with van der Waals surface area (Å²) in [5.74, 6) is 99.5. The van der Waals surface area contributed by atoms with E-state index in [4.69, 9.17) is 31.8 Å². The van der Waals surface area contributed by atoms with Gasteiger partial charge in [-0.15, -0.1) is 12.8 Å². The number of carbonyl (C=O) groups excluding carboxylic acids is 2. The molecule has 3 aromatic carbocycles. The van der Waals surface area contributed by atoms with Gasteiger partial charge in [0.15, 0.2) is 0 Å². The molecule has 2 N–H and O–H groups in total. The number of nitrogens with zero attached hydrogens (tertiary/aromatic N) is 2. The molecule has 1 aliphatic heterocycles. The maximum atomic E-state index is 13.1. The fraction of sp³-hybridized carbons (Fsp3) is 0.139. The second-order valence-corrected chi connectivity index (χ2v) is 17.3. The van der Waals surface area contributed by atoms with E-state index in [1.54, 1.807) is 25.1 Å². The van der Waals surface area contributed by atoms with Gasteiger partial charge in [-0.1, -0.05) is 31.2 Å². The van der Waals surface area contributed by atoms with Crippen LogP contribution in [0.25, 0.3) is 21.8 Å². The van der Waals surface area contributed by atoms with Gasteiger partial charge in [0.25, 0.3) is 5.56 Å². The molecule has 1 amide bonds. The number of aromatic nitrogens is 3. The summed E-state index contributed by atoms with van der Waals surface area (Å²) < 4.78 is 26.8. The van der Waals surface area contributed by atoms with Gasteiger partial charge in [-0.3, -0.25) is 23.9 Å². The van der Waals surface area contributed by atoms with Crippen molar-refractivity contribution in [1.29, 1.82) is 0 Å². The van der Waals surface area contributed by atoms with Crippen LogP contribution in [0.15, 0.2) is 76.4 Å². The number of benzene rings is 3. The molecule has 3 heterocycles. The molecule has 0 spiro atoms. The number of carbonyl (C=O) groups is 2. The smallest absolute Gasteiger partial charge is 0.330 e. The van der Waals surface area contributed by atoms with Crippen LogP contribution in [0.3, 0.4) is 0 Å². The molecule has 3 atom stereocenters. The molecule has 0 bridgehead atoms. The Labute approximate surface area is 593 Å². The summed E-state index contributed by atoms with van der Waals surface area (Å²) in [6.45, 7) is 4.00. The third-order valence-corrected chi connectivity index (χ3v) is 11.3. The lowest BCUT2D eigenvalue weighted by molar-refractivity contribution is -0.153. The van der Waals surface area contributed by atoms with Gasteiger partial charge in [-0.25, -0.2) is 4.79 Å². The van der Waals surface area contributed by atoms with Gasteiger partial charge >= 0.3 is 11.7 Å². The summed E-state index contributed by atoms with van der Waals surface area (Å²) in [5.41, 5.74) is 2.64. The normalized spacial score (nSPS) is 11.1. The molecule has 1 fully saturated rings. The molecule has 1 saturated heterocycles. The zero-order valence-corrected chi connectivity index (χ0v) is 48.1. The number of terminal acetylenes is 2. The van der Waals surface area contributed by atoms with Crippen LogP contribution < -0.4 is 26.0 Å². The predicted octanol–water partition coefficient (Wildman–Crippen LogP) is 15.5. The van der Waals surface area contributed by atoms with E-state index < -0.39 is 35.7 Å². The molecule has 0 radical (unpaired) electrons. The second-order valence-electron chi connectivity index (χ2n) is 17.3. The maximum Gasteiger partial charge on any atom is 0.330 e. The molecule has 91 heavy (non-hydrogen) atoms. The maximum absolute atomic E-state index is 13.1. The number of aryl methyl sites for hydroxylation is 1. The highest BCUT2D eigenvalue weighted by Crippen LogP contribution is 2.33. The van der Waals surface area contributed by atoms with E-state index in [0.29, 0.717) is 30.0 Å². The predicted molar refractivity (Wildman–Crippen MR) is 438 cm³/mol. The average molecular weight is 1260 g/mol. The first-order valence-electron chi connectivity index (χ1n) is 26.5. The molecule has 12 nitrogen and oxygen atoms in total. The number of nitrogens with one attached hydrogen (secondary N) is 2. The van der Waals surface area contributed by atoms with Crippen molar-refractivity contribution in [1.82, 2.24) is 19.4 Å². The van der Waals surface area contributed by atoms with E-state index in [1.807, 2.05) is 49.4 Å². The quantitative estimate of drug-likeness (QED) is 0.0929. The fourth-order valence-electron chi connectivity index (χ4n) is 7.65. The zero-order valence-electron chi connectivity index (χ0n) is 48.1. The van der Waals surface area contributed by atoms with Crippen LogP contribution in [0.2, 0.25) is 0 Å². The Hall–Kier alpha value is -15.0. The first kappa shape index (κ1) is 65.1. The van der Waals surface area contributed by atoms with Gasteiger partial charge in [0.2, 0.25) is 5.91 Å². The number of aromatic amines is 1. The molecule has 1 aliphatic rings. The van der Waals surface area contributed by atoms with Crippen LogP contribution in [0.5, 0.6) is 11.5 Å². The van der Waals surface area contributed by atoms with Crippen molar-refractivity contribution in [3.05, 3.63) is 104 Å². The van der Waals surface area contributed by atoms with Crippen molar-refractivity contribution in [2.45, 2.75) is 71.1 Å². The average Bonchev–Trinajstić information content (AvgIpc) is 1.61. The monoisotopic (exact) mass is 1260 g/mol. The second kappa shape index (κ2) is 37.9. The molecular weight excluding hydrogens is 1130 g/mol. The minimum atomic E-state index is -0.733. The lowest BCUT2D eigenvalue weighted by Gasteiger charge is -2.17. The molecule has 6 rings (SSSR count). The van der Waals surface area contributed by atoms with E-state index in [9.17, 15) is 19.2 Å². The van der Waals surface area contributed by atoms with Crippen molar-refractivity contribution >= 4 is 33.7 Å². The topological polar surface area (TPSA) is 143 Å². The number of fused-ring (bicyclic) bond motifs is 3. The summed E-state index contributed by atoms with van der Waals surface area (Å²) >= 11 is 0. The number of ether oxygens (including phenoxy) is 4. The van der Waals surface area contributed by atoms with Crippen molar-refractivity contribution in [2.24, 2.45) is 0 Å². The standard InChI is InChI=1S/C79H36N4O8.44H2/c1-5-8-10-12-14-16-18-20-22-24-26-28-30-32-34-36-38-40-42-46-54-88-67-56-66(57-68(59-67)89-55-47-43-41-39-37-35-33-31-29-27-25-23-21-19-17-15-13-11-9-6-2)63-82-71-49-45-44-48-69(71)70-58-65(50-51-72(70)82)61-80-75(84)52-53-77(85)91-74-60-76(90-73(74)7-3)83-62-64(4)78(86)81-79(83)87;;;;;;;;;;;;;;;;;;;;;;;;;;;;;;;;;;;;;;;;;;;;/h1-2,44-45,48-51,56-59,62,73-74,76H,7,52-53,60-61,63H2,3-4H3,(H,80,84)(H,81,86,87);44*1H/t73-,74?,76-;;;;;;;;;;;;;;;;;;;;;;;;;;;;;;;;;;;;;;;;;;;;/m1............................................/s1. The first-order chi connectivity index (χ1) is 44.7. The molecule has 1 unspecified atom stereocenters. The summed E-state index contributed by atoms with van der Waals surface area (Å²) in [5, 5.41) is 4.82. The molecule has 12 heteroatoms. The minimum Gasteiger partial charge on any atom is -0.459 e. The van der Waals surface area contributed by atoms with Gasteiger partial charge in [-0.05, 0) is 150 Å². The van der Waals surface area contributed by atoms with Crippen LogP contribution >= 0.6 is 0 Å². The minimum absolute atomic E-state index is 0. The van der Waals surface area contributed by atoms with E-state index >= 15 is 0 Å². The Morgan fingerprint density at radius 3 is 1.49 bits per heavy atom. The van der Waals surface area contributed by atoms with E-state index in [0.717, 1.165) is 32.9 Å². The van der Waals surface area contributed by atoms with Gasteiger partial charge in [0.05, 0.1) is 12.5 Å². The molecule has 2 aromatic heterocycles. The van der Waals surface area contributed by atoms with E-state index in [1.165, 1.54) is 10.8 Å². The molecule has 5 aromatic rings. The third-order valence-electron chi connectivity index (χ3n) is 11.3. The van der Waals surface area contributed by atoms with Gasteiger partial charge in [0.1, 0.15) is 36.0 Å². The Morgan fingerprint density at radius 2 is 1.02 bits per heavy atom. The molecule has 0 saturated carbocycles. The number of H-pyrrole nitrogens is 1. The lowest BCUT2D eigenvalue weighted by atomic mass is 10.1. The van der Waals surface area contributed by atoms with Gasteiger partial charge in [-0.2, -0.15) is 0 Å². The summed E-state index contributed by atoms with van der Waals surface area (Å²) in [4.78, 5) is 52.8. The number of para-hydroxylation sites is 1. The number of rotatable bonds is 12. The van der Waals surface area contributed by atoms with Crippen molar-refractivity contribution in [3.8, 4) is 273 Å². The Bertz CT molecular complexity index is 5340. The van der Waals surface area contributed by atoms with Crippen molar-refractivity contribution in [2.75, 3.05) is 0 Å². The summed E-state index contributed by atoms with van der Waals surface area (Å²) in [6.07, 6.45) is 15.1. The van der Waals surface area contributed by atoms with Crippen LogP contribution in [0, 0.1) is 269 Å². The molecule has 508 valence electrons. The van der Waals surface area contributed by atoms with Gasteiger partial charge < -0.3 is 28.8 Å². The molecule has 0 aliphatic carbocycles. The van der Waals surface area contributed by atoms with Crippen molar-refractivity contribution < 1.29 is 91.3 Å².